The van der Waals surface area contributed by atoms with Gasteiger partial charge in [0.1, 0.15) is 0 Å². The van der Waals surface area contributed by atoms with Crippen molar-refractivity contribution in [3.8, 4) is 0 Å². The lowest BCUT2D eigenvalue weighted by Gasteiger charge is -2.16. The molecule has 0 radical (unpaired) electrons. The minimum Gasteiger partial charge on any atom is -0.268 e. The molecular weight excluding hydrogens is 435 g/mol. The molecule has 1 saturated heterocycles. The molecule has 0 spiro atoms. The zero-order valence-electron chi connectivity index (χ0n) is 16.4. The first-order valence-corrected chi connectivity index (χ1v) is 10.9. The molecule has 3 nitrogen and oxygen atoms in total. The van der Waals surface area contributed by atoms with Crippen LogP contribution < -0.4 is 4.90 Å². The fourth-order valence-electron chi connectivity index (χ4n) is 3.12. The number of hydrogen-bond acceptors (Lipinski definition) is 3. The number of anilines is 1. The number of hydrogen-bond donors (Lipinski definition) is 0. The van der Waals surface area contributed by atoms with Crippen molar-refractivity contribution < 1.29 is 4.79 Å². The first-order chi connectivity index (χ1) is 14.4. The van der Waals surface area contributed by atoms with Crippen molar-refractivity contribution in [1.82, 2.24) is 0 Å². The molecule has 0 N–H and O–H groups in total. The van der Waals surface area contributed by atoms with E-state index in [1.807, 2.05) is 74.5 Å². The van der Waals surface area contributed by atoms with E-state index in [2.05, 4.69) is 0 Å². The summed E-state index contributed by atoms with van der Waals surface area (Å²) in [6, 6.07) is 21.1. The first kappa shape index (κ1) is 20.7. The molecule has 1 aliphatic heterocycles. The Morgan fingerprint density at radius 2 is 1.63 bits per heavy atom. The smallest absolute Gasteiger partial charge is 0.268 e. The largest absolute Gasteiger partial charge is 0.271 e. The molecule has 4 rings (SSSR count). The number of amides is 1. The lowest BCUT2D eigenvalue weighted by atomic mass is 10.2. The first-order valence-electron chi connectivity index (χ1n) is 9.32. The lowest BCUT2D eigenvalue weighted by molar-refractivity contribution is -0.113. The van der Waals surface area contributed by atoms with Crippen molar-refractivity contribution in [2.24, 2.45) is 4.99 Å². The van der Waals surface area contributed by atoms with Crippen molar-refractivity contribution in [3.63, 3.8) is 0 Å². The number of benzene rings is 3. The van der Waals surface area contributed by atoms with E-state index >= 15 is 0 Å². The predicted molar refractivity (Wildman–Crippen MR) is 129 cm³/mol. The van der Waals surface area contributed by atoms with E-state index < -0.39 is 0 Å². The van der Waals surface area contributed by atoms with Gasteiger partial charge in [-0.15, -0.1) is 0 Å². The number of nitrogens with zero attached hydrogens (tertiary/aromatic N) is 2. The molecule has 3 aromatic carbocycles. The van der Waals surface area contributed by atoms with Gasteiger partial charge in [-0.25, -0.2) is 4.99 Å². The van der Waals surface area contributed by atoms with Crippen LogP contribution in [0, 0.1) is 13.8 Å². The van der Waals surface area contributed by atoms with Gasteiger partial charge in [-0.2, -0.15) is 0 Å². The Labute approximate surface area is 190 Å². The van der Waals surface area contributed by atoms with E-state index in [0.29, 0.717) is 25.7 Å². The standard InChI is InChI=1S/C24H18Cl2N2OS/c1-15-6-3-9-18(12-15)27-24-28(19-10-4-7-16(2)13-19)23(29)21(30-24)14-17-8-5-11-20(25)22(17)26/h3-14H,1-2H3/b21-14+,27-24?. The van der Waals surface area contributed by atoms with Crippen molar-refractivity contribution in [3.05, 3.63) is 98.4 Å². The highest BCUT2D eigenvalue weighted by Crippen LogP contribution is 2.39. The summed E-state index contributed by atoms with van der Waals surface area (Å²) >= 11 is 13.8. The van der Waals surface area contributed by atoms with Crippen LogP contribution in [-0.2, 0) is 4.79 Å². The number of carbonyl (C=O) groups excluding carboxylic acids is 1. The minimum absolute atomic E-state index is 0.145. The van der Waals surface area contributed by atoms with Gasteiger partial charge in [0.15, 0.2) is 5.17 Å². The summed E-state index contributed by atoms with van der Waals surface area (Å²) in [4.78, 5) is 20.3. The van der Waals surface area contributed by atoms with Crippen LogP contribution in [0.5, 0.6) is 0 Å². The van der Waals surface area contributed by atoms with Crippen LogP contribution in [0.1, 0.15) is 16.7 Å². The Balaban J connectivity index is 1.82. The van der Waals surface area contributed by atoms with Gasteiger partial charge in [0.25, 0.3) is 5.91 Å². The molecule has 0 unspecified atom stereocenters. The molecule has 6 heteroatoms. The fourth-order valence-corrected chi connectivity index (χ4v) is 4.48. The third kappa shape index (κ3) is 4.31. The van der Waals surface area contributed by atoms with E-state index in [9.17, 15) is 4.79 Å². The van der Waals surface area contributed by atoms with Crippen LogP contribution in [0.25, 0.3) is 6.08 Å². The second kappa shape index (κ2) is 8.68. The second-order valence-electron chi connectivity index (χ2n) is 6.97. The number of aliphatic imine (C=N–C) groups is 1. The summed E-state index contributed by atoms with van der Waals surface area (Å²) in [6.45, 7) is 4.01. The number of carbonyl (C=O) groups is 1. The zero-order chi connectivity index (χ0) is 21.3. The summed E-state index contributed by atoms with van der Waals surface area (Å²) in [6.07, 6.45) is 1.77. The molecule has 1 fully saturated rings. The second-order valence-corrected chi connectivity index (χ2v) is 8.76. The maximum absolute atomic E-state index is 13.4. The van der Waals surface area contributed by atoms with Gasteiger partial charge in [-0.05, 0) is 78.7 Å². The number of rotatable bonds is 3. The molecule has 0 bridgehead atoms. The Hall–Kier alpha value is -2.53. The Bertz CT molecular complexity index is 1200. The molecule has 1 aliphatic rings. The molecule has 3 aromatic rings. The molecule has 1 heterocycles. The number of aryl methyl sites for hydroxylation is 2. The third-order valence-corrected chi connectivity index (χ3v) is 6.36. The highest BCUT2D eigenvalue weighted by molar-refractivity contribution is 8.19. The average molecular weight is 453 g/mol. The topological polar surface area (TPSA) is 32.7 Å². The molecule has 0 atom stereocenters. The summed E-state index contributed by atoms with van der Waals surface area (Å²) in [7, 11) is 0. The van der Waals surface area contributed by atoms with Gasteiger partial charge < -0.3 is 0 Å². The van der Waals surface area contributed by atoms with E-state index in [1.165, 1.54) is 11.8 Å². The quantitative estimate of drug-likeness (QED) is 0.387. The highest BCUT2D eigenvalue weighted by atomic mass is 35.5. The van der Waals surface area contributed by atoms with E-state index in [4.69, 9.17) is 28.2 Å². The van der Waals surface area contributed by atoms with Gasteiger partial charge in [-0.1, -0.05) is 59.6 Å². The summed E-state index contributed by atoms with van der Waals surface area (Å²) in [5, 5.41) is 1.47. The molecule has 0 aliphatic carbocycles. The van der Waals surface area contributed by atoms with E-state index in [0.717, 1.165) is 22.5 Å². The summed E-state index contributed by atoms with van der Waals surface area (Å²) in [5.74, 6) is -0.145. The Morgan fingerprint density at radius 3 is 2.37 bits per heavy atom. The molecule has 30 heavy (non-hydrogen) atoms. The number of halogens is 2. The van der Waals surface area contributed by atoms with Crippen LogP contribution >= 0.6 is 35.0 Å². The monoisotopic (exact) mass is 452 g/mol. The number of thioether (sulfide) groups is 1. The van der Waals surface area contributed by atoms with Gasteiger partial charge in [0.2, 0.25) is 0 Å². The highest BCUT2D eigenvalue weighted by Gasteiger charge is 2.35. The third-order valence-electron chi connectivity index (χ3n) is 4.56. The van der Waals surface area contributed by atoms with Crippen LogP contribution in [0.4, 0.5) is 11.4 Å². The van der Waals surface area contributed by atoms with Crippen molar-refractivity contribution in [2.75, 3.05) is 4.90 Å². The van der Waals surface area contributed by atoms with E-state index in [-0.39, 0.29) is 5.91 Å². The van der Waals surface area contributed by atoms with Gasteiger partial charge >= 0.3 is 0 Å². The normalized spacial score (nSPS) is 16.7. The van der Waals surface area contributed by atoms with Crippen molar-refractivity contribution in [1.29, 1.82) is 0 Å². The maximum Gasteiger partial charge on any atom is 0.271 e. The zero-order valence-corrected chi connectivity index (χ0v) is 18.7. The van der Waals surface area contributed by atoms with Gasteiger partial charge in [0, 0.05) is 0 Å². The SMILES string of the molecule is Cc1cccc(N=C2S/C(=C/c3cccc(Cl)c3Cl)C(=O)N2c2cccc(C)c2)c1. The van der Waals surface area contributed by atoms with Crippen molar-refractivity contribution in [2.45, 2.75) is 13.8 Å². The maximum atomic E-state index is 13.4. The minimum atomic E-state index is -0.145. The van der Waals surface area contributed by atoms with E-state index in [1.54, 1.807) is 17.0 Å². The molecule has 150 valence electrons. The molecule has 0 aromatic heterocycles. The van der Waals surface area contributed by atoms with Gasteiger partial charge in [-0.3, -0.25) is 9.69 Å². The van der Waals surface area contributed by atoms with Gasteiger partial charge in [0.05, 0.1) is 26.3 Å². The molecular formula is C24H18Cl2N2OS. The lowest BCUT2D eigenvalue weighted by Crippen LogP contribution is -2.28. The van der Waals surface area contributed by atoms with Crippen molar-refractivity contribution >= 4 is 63.5 Å². The van der Waals surface area contributed by atoms with Crippen LogP contribution in [0.3, 0.4) is 0 Å². The summed E-state index contributed by atoms with van der Waals surface area (Å²) < 4.78 is 0. The summed E-state index contributed by atoms with van der Waals surface area (Å²) in [5.41, 5.74) is 4.44. The Morgan fingerprint density at radius 1 is 0.933 bits per heavy atom. The fraction of sp³-hybridized carbons (Fsp3) is 0.0833. The molecule has 1 amide bonds. The van der Waals surface area contributed by atoms with Crippen LogP contribution in [-0.4, -0.2) is 11.1 Å². The predicted octanol–water partition coefficient (Wildman–Crippen LogP) is 7.42. The molecule has 0 saturated carbocycles. The average Bonchev–Trinajstić information content (AvgIpc) is 3.00. The van der Waals surface area contributed by atoms with Crippen LogP contribution in [0.15, 0.2) is 76.6 Å². The number of amidine groups is 1. The van der Waals surface area contributed by atoms with Crippen LogP contribution in [0.2, 0.25) is 10.0 Å². The Kier molecular flexibility index (Phi) is 6.00.